The quantitative estimate of drug-likeness (QED) is 0.851. The summed E-state index contributed by atoms with van der Waals surface area (Å²) in [6, 6.07) is 3.24. The summed E-state index contributed by atoms with van der Waals surface area (Å²) in [7, 11) is 0. The number of hydrogen-bond donors (Lipinski definition) is 2. The molecule has 2 N–H and O–H groups in total. The molecule has 18 heavy (non-hydrogen) atoms. The Hall–Kier alpha value is -1.98. The summed E-state index contributed by atoms with van der Waals surface area (Å²) >= 11 is 0. The van der Waals surface area contributed by atoms with Crippen LogP contribution in [0.15, 0.2) is 18.2 Å². The molecule has 0 aliphatic heterocycles. The SMILES string of the molecule is O=C(O)CNC(=O)[C@@H]1C[C@@H]1c1ccc(F)cc1F. The van der Waals surface area contributed by atoms with Crippen molar-refractivity contribution in [2.45, 2.75) is 12.3 Å². The molecule has 0 saturated heterocycles. The highest BCUT2D eigenvalue weighted by atomic mass is 19.1. The van der Waals surface area contributed by atoms with Gasteiger partial charge in [-0.2, -0.15) is 0 Å². The first-order valence-corrected chi connectivity index (χ1v) is 5.43. The van der Waals surface area contributed by atoms with Crippen molar-refractivity contribution in [1.82, 2.24) is 5.32 Å². The van der Waals surface area contributed by atoms with Gasteiger partial charge in [0.25, 0.3) is 0 Å². The molecule has 1 aromatic rings. The van der Waals surface area contributed by atoms with Crippen molar-refractivity contribution in [3.63, 3.8) is 0 Å². The van der Waals surface area contributed by atoms with Crippen molar-refractivity contribution in [2.24, 2.45) is 5.92 Å². The Bertz CT molecular complexity index is 504. The van der Waals surface area contributed by atoms with Crippen LogP contribution in [0.2, 0.25) is 0 Å². The van der Waals surface area contributed by atoms with E-state index in [0.717, 1.165) is 12.1 Å². The van der Waals surface area contributed by atoms with E-state index in [0.29, 0.717) is 12.0 Å². The second-order valence-corrected chi connectivity index (χ2v) is 4.23. The van der Waals surface area contributed by atoms with E-state index < -0.39 is 36.0 Å². The molecule has 6 heteroatoms. The summed E-state index contributed by atoms with van der Waals surface area (Å²) in [6.07, 6.45) is 0.452. The van der Waals surface area contributed by atoms with Crippen LogP contribution in [0, 0.1) is 17.6 Å². The van der Waals surface area contributed by atoms with Gasteiger partial charge >= 0.3 is 5.97 Å². The molecule has 1 saturated carbocycles. The summed E-state index contributed by atoms with van der Waals surface area (Å²) < 4.78 is 26.1. The number of carboxylic acid groups (broad SMARTS) is 1. The number of rotatable bonds is 4. The molecular formula is C12H11F2NO3. The number of nitrogens with one attached hydrogen (secondary N) is 1. The average molecular weight is 255 g/mol. The van der Waals surface area contributed by atoms with Crippen molar-refractivity contribution < 1.29 is 23.5 Å². The molecule has 0 bridgehead atoms. The molecule has 0 unspecified atom stereocenters. The monoisotopic (exact) mass is 255 g/mol. The summed E-state index contributed by atoms with van der Waals surface area (Å²) in [4.78, 5) is 21.8. The van der Waals surface area contributed by atoms with Gasteiger partial charge in [-0.05, 0) is 24.0 Å². The maximum atomic E-state index is 13.4. The molecule has 96 valence electrons. The van der Waals surface area contributed by atoms with Crippen LogP contribution in [0.25, 0.3) is 0 Å². The number of amides is 1. The third kappa shape index (κ3) is 2.64. The number of carbonyl (C=O) groups is 2. The predicted octanol–water partition coefficient (Wildman–Crippen LogP) is 1.27. The van der Waals surface area contributed by atoms with Gasteiger partial charge in [0.1, 0.15) is 18.2 Å². The Balaban J connectivity index is 1.98. The van der Waals surface area contributed by atoms with Crippen LogP contribution in [0.3, 0.4) is 0 Å². The lowest BCUT2D eigenvalue weighted by atomic mass is 10.1. The van der Waals surface area contributed by atoms with Crippen molar-refractivity contribution >= 4 is 11.9 Å². The van der Waals surface area contributed by atoms with Gasteiger partial charge < -0.3 is 10.4 Å². The molecule has 0 aromatic heterocycles. The van der Waals surface area contributed by atoms with Crippen LogP contribution < -0.4 is 5.32 Å². The standard InChI is InChI=1S/C12H11F2NO3/c13-6-1-2-7(10(14)3-6)8-4-9(8)12(18)15-5-11(16)17/h1-3,8-9H,4-5H2,(H,15,18)(H,16,17)/t8-,9-/m1/s1. The lowest BCUT2D eigenvalue weighted by molar-refractivity contribution is -0.138. The number of hydrogen-bond acceptors (Lipinski definition) is 2. The number of carboxylic acids is 1. The Morgan fingerprint density at radius 3 is 2.72 bits per heavy atom. The van der Waals surface area contributed by atoms with E-state index in [1.807, 2.05) is 0 Å². The van der Waals surface area contributed by atoms with E-state index in [4.69, 9.17) is 5.11 Å². The first kappa shape index (κ1) is 12.5. The fourth-order valence-electron chi connectivity index (χ4n) is 1.92. The molecule has 1 aliphatic rings. The molecule has 1 aliphatic carbocycles. The third-order valence-corrected chi connectivity index (χ3v) is 2.90. The van der Waals surface area contributed by atoms with Crippen LogP contribution in [0.4, 0.5) is 8.78 Å². The van der Waals surface area contributed by atoms with Crippen LogP contribution in [0.5, 0.6) is 0 Å². The first-order chi connectivity index (χ1) is 8.49. The Labute approximate surface area is 102 Å². The number of halogens is 2. The molecule has 0 radical (unpaired) electrons. The maximum absolute atomic E-state index is 13.4. The molecule has 2 atom stereocenters. The highest BCUT2D eigenvalue weighted by Gasteiger charge is 2.45. The smallest absolute Gasteiger partial charge is 0.322 e. The number of aliphatic carboxylic acids is 1. The molecular weight excluding hydrogens is 244 g/mol. The first-order valence-electron chi connectivity index (χ1n) is 5.43. The van der Waals surface area contributed by atoms with Gasteiger partial charge in [-0.1, -0.05) is 6.07 Å². The van der Waals surface area contributed by atoms with Crippen molar-refractivity contribution in [3.05, 3.63) is 35.4 Å². The van der Waals surface area contributed by atoms with Gasteiger partial charge in [0.2, 0.25) is 5.91 Å². The summed E-state index contributed by atoms with van der Waals surface area (Å²) in [5.41, 5.74) is 0.298. The summed E-state index contributed by atoms with van der Waals surface area (Å²) in [6.45, 7) is -0.450. The average Bonchev–Trinajstić information content (AvgIpc) is 3.05. The summed E-state index contributed by atoms with van der Waals surface area (Å²) in [5.74, 6) is -3.60. The van der Waals surface area contributed by atoms with E-state index in [-0.39, 0.29) is 5.92 Å². The molecule has 4 nitrogen and oxygen atoms in total. The van der Waals surface area contributed by atoms with Gasteiger partial charge in [-0.15, -0.1) is 0 Å². The fraction of sp³-hybridized carbons (Fsp3) is 0.333. The molecule has 0 heterocycles. The zero-order chi connectivity index (χ0) is 13.3. The Kier molecular flexibility index (Phi) is 3.27. The predicted molar refractivity (Wildman–Crippen MR) is 57.9 cm³/mol. The van der Waals surface area contributed by atoms with Crippen molar-refractivity contribution in [1.29, 1.82) is 0 Å². The molecule has 1 fully saturated rings. The van der Waals surface area contributed by atoms with Crippen LogP contribution >= 0.6 is 0 Å². The Morgan fingerprint density at radius 2 is 2.11 bits per heavy atom. The number of benzene rings is 1. The van der Waals surface area contributed by atoms with E-state index >= 15 is 0 Å². The van der Waals surface area contributed by atoms with Crippen LogP contribution in [0.1, 0.15) is 17.9 Å². The van der Waals surface area contributed by atoms with E-state index in [1.54, 1.807) is 0 Å². The second-order valence-electron chi connectivity index (χ2n) is 4.23. The second kappa shape index (κ2) is 4.72. The number of carbonyl (C=O) groups excluding carboxylic acids is 1. The van der Waals surface area contributed by atoms with Gasteiger partial charge in [0, 0.05) is 12.0 Å². The van der Waals surface area contributed by atoms with Gasteiger partial charge in [-0.3, -0.25) is 9.59 Å². The fourth-order valence-corrected chi connectivity index (χ4v) is 1.92. The minimum absolute atomic E-state index is 0.292. The molecule has 1 amide bonds. The van der Waals surface area contributed by atoms with Gasteiger partial charge in [0.15, 0.2) is 0 Å². The normalized spacial score (nSPS) is 21.4. The lowest BCUT2D eigenvalue weighted by Gasteiger charge is -2.03. The minimum Gasteiger partial charge on any atom is -0.480 e. The third-order valence-electron chi connectivity index (χ3n) is 2.90. The highest BCUT2D eigenvalue weighted by Crippen LogP contribution is 2.48. The molecule has 2 rings (SSSR count). The highest BCUT2D eigenvalue weighted by molar-refractivity contribution is 5.85. The topological polar surface area (TPSA) is 66.4 Å². The van der Waals surface area contributed by atoms with Gasteiger partial charge in [-0.25, -0.2) is 8.78 Å². The molecule has 1 aromatic carbocycles. The molecule has 0 spiro atoms. The zero-order valence-corrected chi connectivity index (χ0v) is 9.32. The lowest BCUT2D eigenvalue weighted by Crippen LogP contribution is -2.30. The van der Waals surface area contributed by atoms with Crippen LogP contribution in [-0.2, 0) is 9.59 Å². The van der Waals surface area contributed by atoms with Crippen LogP contribution in [-0.4, -0.2) is 23.5 Å². The van der Waals surface area contributed by atoms with E-state index in [2.05, 4.69) is 5.32 Å². The van der Waals surface area contributed by atoms with E-state index in [9.17, 15) is 18.4 Å². The van der Waals surface area contributed by atoms with Gasteiger partial charge in [0.05, 0.1) is 0 Å². The zero-order valence-electron chi connectivity index (χ0n) is 9.32. The maximum Gasteiger partial charge on any atom is 0.322 e. The van der Waals surface area contributed by atoms with Crippen molar-refractivity contribution in [3.8, 4) is 0 Å². The van der Waals surface area contributed by atoms with E-state index in [1.165, 1.54) is 6.07 Å². The summed E-state index contributed by atoms with van der Waals surface area (Å²) in [5, 5.41) is 10.6. The largest absolute Gasteiger partial charge is 0.480 e. The minimum atomic E-state index is -1.13. The van der Waals surface area contributed by atoms with Crippen molar-refractivity contribution in [2.75, 3.05) is 6.54 Å². The Morgan fingerprint density at radius 1 is 1.39 bits per heavy atom.